The van der Waals surface area contributed by atoms with Gasteiger partial charge in [0.15, 0.2) is 5.69 Å². The molecule has 0 bridgehead atoms. The van der Waals surface area contributed by atoms with Crippen molar-refractivity contribution < 1.29 is 4.79 Å². The molecule has 0 aliphatic heterocycles. The molecule has 0 saturated heterocycles. The number of carbonyl (C=O) groups is 1. The Hall–Kier alpha value is -2.62. The van der Waals surface area contributed by atoms with E-state index in [1.165, 1.54) is 16.5 Å². The van der Waals surface area contributed by atoms with Gasteiger partial charge in [0.25, 0.3) is 5.91 Å². The van der Waals surface area contributed by atoms with Crippen LogP contribution in [0.2, 0.25) is 0 Å². The second-order valence-corrected chi connectivity index (χ2v) is 6.05. The summed E-state index contributed by atoms with van der Waals surface area (Å²) in [4.78, 5) is 12.5. The van der Waals surface area contributed by atoms with Gasteiger partial charge in [0.1, 0.15) is 0 Å². The van der Waals surface area contributed by atoms with Crippen molar-refractivity contribution in [3.05, 3.63) is 58.9 Å². The first-order valence-electron chi connectivity index (χ1n) is 8.06. The highest BCUT2D eigenvalue weighted by molar-refractivity contribution is 6.09. The van der Waals surface area contributed by atoms with E-state index in [9.17, 15) is 4.79 Å². The molecule has 116 valence electrons. The predicted octanol–water partition coefficient (Wildman–Crippen LogP) is 3.72. The number of anilines is 1. The first-order chi connectivity index (χ1) is 11.2. The van der Waals surface area contributed by atoms with Crippen molar-refractivity contribution in [3.63, 3.8) is 0 Å². The van der Waals surface area contributed by atoms with Gasteiger partial charge in [0, 0.05) is 23.3 Å². The third kappa shape index (κ3) is 2.22. The van der Waals surface area contributed by atoms with Crippen LogP contribution in [-0.2, 0) is 19.4 Å². The van der Waals surface area contributed by atoms with Crippen molar-refractivity contribution >= 4 is 22.4 Å². The topological polar surface area (TPSA) is 46.9 Å². The minimum atomic E-state index is -0.154. The van der Waals surface area contributed by atoms with Gasteiger partial charge in [0.05, 0.1) is 0 Å². The average Bonchev–Trinajstić information content (AvgIpc) is 3.15. The summed E-state index contributed by atoms with van der Waals surface area (Å²) in [5.41, 5.74) is 5.08. The lowest BCUT2D eigenvalue weighted by molar-refractivity contribution is 0.102. The molecule has 1 N–H and O–H groups in total. The summed E-state index contributed by atoms with van der Waals surface area (Å²) in [6.07, 6.45) is 2.17. The molecule has 23 heavy (non-hydrogen) atoms. The molecule has 0 fully saturated rings. The number of rotatable bonds is 3. The van der Waals surface area contributed by atoms with E-state index in [1.54, 1.807) is 0 Å². The number of hydrogen-bond acceptors (Lipinski definition) is 2. The van der Waals surface area contributed by atoms with Gasteiger partial charge in [-0.3, -0.25) is 9.48 Å². The first kappa shape index (κ1) is 14.0. The molecule has 1 aromatic heterocycles. The summed E-state index contributed by atoms with van der Waals surface area (Å²) in [6, 6.07) is 12.3. The van der Waals surface area contributed by atoms with Crippen LogP contribution in [0, 0.1) is 6.92 Å². The Labute approximate surface area is 135 Å². The third-order valence-corrected chi connectivity index (χ3v) is 4.64. The predicted molar refractivity (Wildman–Crippen MR) is 91.9 cm³/mol. The summed E-state index contributed by atoms with van der Waals surface area (Å²) in [7, 11) is 0. The zero-order valence-electron chi connectivity index (χ0n) is 13.4. The fraction of sp³-hybridized carbons (Fsp3) is 0.263. The molecule has 3 aromatic rings. The van der Waals surface area contributed by atoms with Gasteiger partial charge < -0.3 is 5.32 Å². The number of aromatic nitrogens is 2. The lowest BCUT2D eigenvalue weighted by atomic mass is 10.0. The number of aryl methyl sites for hydroxylation is 4. The molecule has 4 rings (SSSR count). The maximum Gasteiger partial charge on any atom is 0.276 e. The Bertz CT molecular complexity index is 914. The molecule has 1 amide bonds. The van der Waals surface area contributed by atoms with Gasteiger partial charge in [-0.25, -0.2) is 0 Å². The molecule has 1 heterocycles. The maximum atomic E-state index is 12.5. The van der Waals surface area contributed by atoms with Crippen LogP contribution in [0.5, 0.6) is 0 Å². The van der Waals surface area contributed by atoms with Crippen molar-refractivity contribution in [2.24, 2.45) is 0 Å². The Morgan fingerprint density at radius 2 is 2.00 bits per heavy atom. The van der Waals surface area contributed by atoms with Crippen LogP contribution in [0.4, 0.5) is 5.69 Å². The fourth-order valence-electron chi connectivity index (χ4n) is 3.48. The minimum absolute atomic E-state index is 0.154. The van der Waals surface area contributed by atoms with E-state index >= 15 is 0 Å². The molecule has 0 saturated carbocycles. The average molecular weight is 305 g/mol. The van der Waals surface area contributed by atoms with Crippen LogP contribution in [0.15, 0.2) is 36.4 Å². The Kier molecular flexibility index (Phi) is 3.18. The Morgan fingerprint density at radius 3 is 2.74 bits per heavy atom. The van der Waals surface area contributed by atoms with Crippen molar-refractivity contribution in [1.29, 1.82) is 0 Å². The van der Waals surface area contributed by atoms with Crippen LogP contribution in [-0.4, -0.2) is 15.7 Å². The van der Waals surface area contributed by atoms with Crippen molar-refractivity contribution in [2.45, 2.75) is 33.2 Å². The lowest BCUT2D eigenvalue weighted by Crippen LogP contribution is -2.13. The van der Waals surface area contributed by atoms with E-state index < -0.39 is 0 Å². The third-order valence-electron chi connectivity index (χ3n) is 4.64. The minimum Gasteiger partial charge on any atom is -0.320 e. The SMILES string of the molecule is CCn1nc(C(=O)Nc2ccc3c4c(cccc24)CC3)cc1C. The number of benzene rings is 2. The number of nitrogens with zero attached hydrogens (tertiary/aromatic N) is 2. The summed E-state index contributed by atoms with van der Waals surface area (Å²) in [6.45, 7) is 4.75. The highest BCUT2D eigenvalue weighted by atomic mass is 16.1. The number of amides is 1. The largest absolute Gasteiger partial charge is 0.320 e. The summed E-state index contributed by atoms with van der Waals surface area (Å²) < 4.78 is 1.84. The highest BCUT2D eigenvalue weighted by Crippen LogP contribution is 2.35. The summed E-state index contributed by atoms with van der Waals surface area (Å²) in [5.74, 6) is -0.154. The van der Waals surface area contributed by atoms with Crippen molar-refractivity contribution in [3.8, 4) is 0 Å². The van der Waals surface area contributed by atoms with Crippen LogP contribution < -0.4 is 5.32 Å². The first-order valence-corrected chi connectivity index (χ1v) is 8.06. The smallest absolute Gasteiger partial charge is 0.276 e. The van der Waals surface area contributed by atoms with E-state index in [1.807, 2.05) is 30.7 Å². The highest BCUT2D eigenvalue weighted by Gasteiger charge is 2.18. The van der Waals surface area contributed by atoms with Gasteiger partial charge in [0.2, 0.25) is 0 Å². The molecule has 2 aromatic carbocycles. The maximum absolute atomic E-state index is 12.5. The fourth-order valence-corrected chi connectivity index (χ4v) is 3.48. The molecule has 0 atom stereocenters. The van der Waals surface area contributed by atoms with Crippen molar-refractivity contribution in [2.75, 3.05) is 5.32 Å². The second-order valence-electron chi connectivity index (χ2n) is 6.05. The van der Waals surface area contributed by atoms with Gasteiger partial charge >= 0.3 is 0 Å². The monoisotopic (exact) mass is 305 g/mol. The quantitative estimate of drug-likeness (QED) is 0.801. The molecule has 0 unspecified atom stereocenters. The number of nitrogens with one attached hydrogen (secondary N) is 1. The Balaban J connectivity index is 1.72. The number of hydrogen-bond donors (Lipinski definition) is 1. The van der Waals surface area contributed by atoms with E-state index in [2.05, 4.69) is 34.7 Å². The van der Waals surface area contributed by atoms with E-state index in [0.29, 0.717) is 5.69 Å². The molecule has 0 spiro atoms. The summed E-state index contributed by atoms with van der Waals surface area (Å²) in [5, 5.41) is 9.82. The van der Waals surface area contributed by atoms with Crippen LogP contribution in [0.1, 0.15) is 34.2 Å². The van der Waals surface area contributed by atoms with E-state index in [-0.39, 0.29) is 5.91 Å². The standard InChI is InChI=1S/C19H19N3O/c1-3-22-12(2)11-17(21-22)19(23)20-16-10-9-14-8-7-13-5-4-6-15(16)18(13)14/h4-6,9-11H,3,7-8H2,1-2H3,(H,20,23). The molecule has 0 radical (unpaired) electrons. The zero-order chi connectivity index (χ0) is 16.0. The molecular formula is C19H19N3O. The van der Waals surface area contributed by atoms with E-state index in [0.717, 1.165) is 36.2 Å². The van der Waals surface area contributed by atoms with Crippen molar-refractivity contribution in [1.82, 2.24) is 9.78 Å². The lowest BCUT2D eigenvalue weighted by Gasteiger charge is -2.09. The molecular weight excluding hydrogens is 286 g/mol. The molecule has 4 nitrogen and oxygen atoms in total. The molecule has 4 heteroatoms. The second kappa shape index (κ2) is 5.23. The number of carbonyl (C=O) groups excluding carboxylic acids is 1. The normalized spacial score (nSPS) is 12.8. The van der Waals surface area contributed by atoms with Gasteiger partial charge in [-0.2, -0.15) is 5.10 Å². The van der Waals surface area contributed by atoms with Gasteiger partial charge in [-0.1, -0.05) is 24.3 Å². The van der Waals surface area contributed by atoms with Crippen LogP contribution in [0.25, 0.3) is 10.8 Å². The zero-order valence-corrected chi connectivity index (χ0v) is 13.4. The van der Waals surface area contributed by atoms with Crippen LogP contribution in [0.3, 0.4) is 0 Å². The Morgan fingerprint density at radius 1 is 1.22 bits per heavy atom. The van der Waals surface area contributed by atoms with Gasteiger partial charge in [-0.15, -0.1) is 0 Å². The molecule has 1 aliphatic rings. The van der Waals surface area contributed by atoms with Crippen LogP contribution >= 0.6 is 0 Å². The summed E-state index contributed by atoms with van der Waals surface area (Å²) >= 11 is 0. The van der Waals surface area contributed by atoms with Gasteiger partial charge in [-0.05, 0) is 55.3 Å². The molecule has 1 aliphatic carbocycles. The van der Waals surface area contributed by atoms with E-state index in [4.69, 9.17) is 0 Å².